The average molecular weight is 198 g/mol. The fourth-order valence-corrected chi connectivity index (χ4v) is 2.05. The summed E-state index contributed by atoms with van der Waals surface area (Å²) in [6, 6.07) is 1.02. The summed E-state index contributed by atoms with van der Waals surface area (Å²) in [6.07, 6.45) is 4.24. The van der Waals surface area contributed by atoms with Crippen molar-refractivity contribution >= 4 is 11.3 Å². The molecule has 0 radical (unpaired) electrons. The van der Waals surface area contributed by atoms with Crippen LogP contribution >= 0.6 is 11.3 Å². The zero-order chi connectivity index (χ0) is 9.68. The van der Waals surface area contributed by atoms with Gasteiger partial charge in [0.15, 0.2) is 0 Å². The van der Waals surface area contributed by atoms with Crippen LogP contribution in [0.25, 0.3) is 0 Å². The van der Waals surface area contributed by atoms with Crippen LogP contribution in [0.3, 0.4) is 0 Å². The van der Waals surface area contributed by atoms with Crippen molar-refractivity contribution in [1.82, 2.24) is 10.3 Å². The Balaban J connectivity index is 2.45. The maximum atomic E-state index is 4.29. The van der Waals surface area contributed by atoms with E-state index < -0.39 is 0 Å². The molecule has 3 heteroatoms. The van der Waals surface area contributed by atoms with Crippen molar-refractivity contribution in [3.8, 4) is 0 Å². The molecule has 1 aromatic heterocycles. The van der Waals surface area contributed by atoms with Gasteiger partial charge in [0.05, 0.1) is 6.04 Å². The molecule has 13 heavy (non-hydrogen) atoms. The van der Waals surface area contributed by atoms with E-state index in [2.05, 4.69) is 31.1 Å². The fraction of sp³-hybridized carbons (Fsp3) is 0.700. The first kappa shape index (κ1) is 10.7. The third kappa shape index (κ3) is 3.08. The molecule has 2 nitrogen and oxygen atoms in total. The molecule has 74 valence electrons. The van der Waals surface area contributed by atoms with Gasteiger partial charge in [-0.2, -0.15) is 0 Å². The molecule has 1 aromatic rings. The van der Waals surface area contributed by atoms with Gasteiger partial charge < -0.3 is 5.32 Å². The van der Waals surface area contributed by atoms with Crippen molar-refractivity contribution in [3.63, 3.8) is 0 Å². The predicted octanol–water partition coefficient (Wildman–Crippen LogP) is 2.98. The lowest BCUT2D eigenvalue weighted by Gasteiger charge is -2.19. The lowest BCUT2D eigenvalue weighted by atomic mass is 10.1. The van der Waals surface area contributed by atoms with E-state index in [1.54, 1.807) is 11.3 Å². The predicted molar refractivity (Wildman–Crippen MR) is 58.0 cm³/mol. The summed E-state index contributed by atoms with van der Waals surface area (Å²) in [6.45, 7) is 6.61. The van der Waals surface area contributed by atoms with Gasteiger partial charge in [0.25, 0.3) is 0 Å². The Labute approximate surface area is 84.4 Å². The molecule has 0 spiro atoms. The summed E-state index contributed by atoms with van der Waals surface area (Å²) in [7, 11) is 0. The van der Waals surface area contributed by atoms with Crippen LogP contribution < -0.4 is 5.32 Å². The van der Waals surface area contributed by atoms with Crippen LogP contribution in [0.5, 0.6) is 0 Å². The standard InChI is InChI=1S/C10H18N2S/c1-4-9(5-2)12-8(3)10-11-6-7-13-10/h6-9,12H,4-5H2,1-3H3. The molecule has 0 saturated heterocycles. The van der Waals surface area contributed by atoms with Crippen LogP contribution in [0.1, 0.15) is 44.7 Å². The zero-order valence-corrected chi connectivity index (χ0v) is 9.40. The molecule has 1 unspecified atom stereocenters. The van der Waals surface area contributed by atoms with Crippen LogP contribution in [0.15, 0.2) is 11.6 Å². The molecule has 1 N–H and O–H groups in total. The van der Waals surface area contributed by atoms with E-state index in [0.717, 1.165) is 0 Å². The molecule has 1 rings (SSSR count). The van der Waals surface area contributed by atoms with Crippen LogP contribution in [0, 0.1) is 0 Å². The Kier molecular flexibility index (Phi) is 4.39. The van der Waals surface area contributed by atoms with Crippen molar-refractivity contribution < 1.29 is 0 Å². The molecule has 0 aliphatic heterocycles. The molecule has 0 aromatic carbocycles. The van der Waals surface area contributed by atoms with Crippen molar-refractivity contribution in [3.05, 3.63) is 16.6 Å². The average Bonchev–Trinajstić information content (AvgIpc) is 2.66. The first-order valence-electron chi connectivity index (χ1n) is 4.93. The summed E-state index contributed by atoms with van der Waals surface area (Å²) in [4.78, 5) is 4.29. The molecule has 1 atom stereocenters. The Bertz CT molecular complexity index is 217. The van der Waals surface area contributed by atoms with Crippen LogP contribution in [0.4, 0.5) is 0 Å². The largest absolute Gasteiger partial charge is 0.305 e. The second kappa shape index (κ2) is 5.35. The van der Waals surface area contributed by atoms with Crippen molar-refractivity contribution in [1.29, 1.82) is 0 Å². The number of nitrogens with zero attached hydrogens (tertiary/aromatic N) is 1. The van der Waals surface area contributed by atoms with E-state index in [4.69, 9.17) is 0 Å². The van der Waals surface area contributed by atoms with Gasteiger partial charge in [-0.1, -0.05) is 13.8 Å². The molecule has 1 heterocycles. The van der Waals surface area contributed by atoms with Crippen molar-refractivity contribution in [2.24, 2.45) is 0 Å². The molecule has 0 amide bonds. The SMILES string of the molecule is CCC(CC)NC(C)c1nccs1. The van der Waals surface area contributed by atoms with E-state index >= 15 is 0 Å². The van der Waals surface area contributed by atoms with E-state index in [1.165, 1.54) is 17.8 Å². The van der Waals surface area contributed by atoms with Gasteiger partial charge in [-0.3, -0.25) is 0 Å². The molecule has 0 saturated carbocycles. The van der Waals surface area contributed by atoms with Crippen LogP contribution in [-0.4, -0.2) is 11.0 Å². The topological polar surface area (TPSA) is 24.9 Å². The van der Waals surface area contributed by atoms with Crippen molar-refractivity contribution in [2.75, 3.05) is 0 Å². The van der Waals surface area contributed by atoms with Gasteiger partial charge >= 0.3 is 0 Å². The Morgan fingerprint density at radius 3 is 2.62 bits per heavy atom. The molecular weight excluding hydrogens is 180 g/mol. The van der Waals surface area contributed by atoms with Gasteiger partial charge in [-0.05, 0) is 19.8 Å². The second-order valence-electron chi connectivity index (χ2n) is 3.27. The van der Waals surface area contributed by atoms with Gasteiger partial charge in [0.1, 0.15) is 5.01 Å². The van der Waals surface area contributed by atoms with Gasteiger partial charge in [0, 0.05) is 17.6 Å². The molecule has 0 aliphatic rings. The lowest BCUT2D eigenvalue weighted by Crippen LogP contribution is -2.30. The highest BCUT2D eigenvalue weighted by Gasteiger charge is 2.11. The number of nitrogens with one attached hydrogen (secondary N) is 1. The highest BCUT2D eigenvalue weighted by molar-refractivity contribution is 7.09. The number of aromatic nitrogens is 1. The van der Waals surface area contributed by atoms with E-state index in [0.29, 0.717) is 12.1 Å². The van der Waals surface area contributed by atoms with E-state index in [1.807, 2.05) is 11.6 Å². The monoisotopic (exact) mass is 198 g/mol. The highest BCUT2D eigenvalue weighted by atomic mass is 32.1. The summed E-state index contributed by atoms with van der Waals surface area (Å²) < 4.78 is 0. The summed E-state index contributed by atoms with van der Waals surface area (Å²) in [5.41, 5.74) is 0. The molecule has 0 fully saturated rings. The Morgan fingerprint density at radius 1 is 1.46 bits per heavy atom. The molecule has 0 bridgehead atoms. The van der Waals surface area contributed by atoms with Gasteiger partial charge in [-0.15, -0.1) is 11.3 Å². The Hall–Kier alpha value is -0.410. The first-order valence-corrected chi connectivity index (χ1v) is 5.81. The fourth-order valence-electron chi connectivity index (χ4n) is 1.40. The van der Waals surface area contributed by atoms with Crippen LogP contribution in [-0.2, 0) is 0 Å². The Morgan fingerprint density at radius 2 is 2.15 bits per heavy atom. The quantitative estimate of drug-likeness (QED) is 0.786. The summed E-state index contributed by atoms with van der Waals surface area (Å²) in [5.74, 6) is 0. The zero-order valence-electron chi connectivity index (χ0n) is 8.58. The number of hydrogen-bond acceptors (Lipinski definition) is 3. The number of rotatable bonds is 5. The normalized spacial score (nSPS) is 13.5. The van der Waals surface area contributed by atoms with Gasteiger partial charge in [-0.25, -0.2) is 4.98 Å². The maximum Gasteiger partial charge on any atom is 0.109 e. The highest BCUT2D eigenvalue weighted by Crippen LogP contribution is 2.16. The lowest BCUT2D eigenvalue weighted by molar-refractivity contribution is 0.431. The summed E-state index contributed by atoms with van der Waals surface area (Å²) >= 11 is 1.72. The minimum absolute atomic E-state index is 0.393. The molecular formula is C10H18N2S. The third-order valence-electron chi connectivity index (χ3n) is 2.29. The smallest absolute Gasteiger partial charge is 0.109 e. The minimum Gasteiger partial charge on any atom is -0.305 e. The maximum absolute atomic E-state index is 4.29. The minimum atomic E-state index is 0.393. The third-order valence-corrected chi connectivity index (χ3v) is 3.25. The van der Waals surface area contributed by atoms with Gasteiger partial charge in [0.2, 0.25) is 0 Å². The van der Waals surface area contributed by atoms with Crippen molar-refractivity contribution in [2.45, 2.75) is 45.7 Å². The first-order chi connectivity index (χ1) is 6.27. The van der Waals surface area contributed by atoms with E-state index in [9.17, 15) is 0 Å². The number of hydrogen-bond donors (Lipinski definition) is 1. The van der Waals surface area contributed by atoms with E-state index in [-0.39, 0.29) is 0 Å². The summed E-state index contributed by atoms with van der Waals surface area (Å²) in [5, 5.41) is 6.78. The second-order valence-corrected chi connectivity index (χ2v) is 4.20. The van der Waals surface area contributed by atoms with Crippen LogP contribution in [0.2, 0.25) is 0 Å². The molecule has 0 aliphatic carbocycles. The number of thiazole rings is 1.